The predicted molar refractivity (Wildman–Crippen MR) is 170 cm³/mol. The Morgan fingerprint density at radius 1 is 0.410 bits per heavy atom. The first-order chi connectivity index (χ1) is 19.1. The van der Waals surface area contributed by atoms with E-state index in [0.29, 0.717) is 12.8 Å². The van der Waals surface area contributed by atoms with Gasteiger partial charge in [0.15, 0.2) is 0 Å². The summed E-state index contributed by atoms with van der Waals surface area (Å²) in [5.41, 5.74) is 0. The van der Waals surface area contributed by atoms with Crippen LogP contribution in [0.2, 0.25) is 0 Å². The van der Waals surface area contributed by atoms with Gasteiger partial charge in [-0.25, -0.2) is 0 Å². The number of esters is 2. The lowest BCUT2D eigenvalue weighted by atomic mass is 10.0. The highest BCUT2D eigenvalue weighted by Crippen LogP contribution is 2.16. The van der Waals surface area contributed by atoms with Crippen LogP contribution in [-0.4, -0.2) is 11.9 Å². The lowest BCUT2D eigenvalue weighted by Gasteiger charge is -2.05. The third-order valence-electron chi connectivity index (χ3n) is 8.12. The molecule has 0 aromatic rings. The van der Waals surface area contributed by atoms with Crippen LogP contribution in [0.25, 0.3) is 0 Å². The van der Waals surface area contributed by atoms with Crippen molar-refractivity contribution in [3.63, 3.8) is 0 Å². The molecule has 0 rings (SSSR count). The Morgan fingerprint density at radius 2 is 0.667 bits per heavy atom. The number of hydrogen-bond donors (Lipinski definition) is 0. The van der Waals surface area contributed by atoms with Crippen molar-refractivity contribution < 1.29 is 14.3 Å². The molecule has 0 atom stereocenters. The first-order valence-electron chi connectivity index (χ1n) is 17.8. The van der Waals surface area contributed by atoms with E-state index >= 15 is 0 Å². The zero-order valence-electron chi connectivity index (χ0n) is 27.0. The molecule has 0 saturated heterocycles. The molecule has 0 fully saturated rings. The average molecular weight is 551 g/mol. The Hall–Kier alpha value is -0.860. The molecule has 0 unspecified atom stereocenters. The van der Waals surface area contributed by atoms with Crippen molar-refractivity contribution in [2.75, 3.05) is 0 Å². The Bertz CT molecular complexity index is 513. The van der Waals surface area contributed by atoms with Gasteiger partial charge >= 0.3 is 11.9 Å². The molecule has 232 valence electrons. The van der Waals surface area contributed by atoms with Gasteiger partial charge in [0, 0.05) is 12.8 Å². The summed E-state index contributed by atoms with van der Waals surface area (Å²) in [5, 5.41) is 0. The molecule has 0 amide bonds. The molecular weight excluding hydrogens is 480 g/mol. The Morgan fingerprint density at radius 3 is 0.949 bits per heavy atom. The van der Waals surface area contributed by atoms with Gasteiger partial charge in [0.05, 0.1) is 0 Å². The fourth-order valence-electron chi connectivity index (χ4n) is 5.46. The molecule has 0 bridgehead atoms. The van der Waals surface area contributed by atoms with E-state index in [0.717, 1.165) is 31.6 Å². The average Bonchev–Trinajstić information content (AvgIpc) is 2.90. The van der Waals surface area contributed by atoms with Crippen LogP contribution in [0.15, 0.2) is 0 Å². The van der Waals surface area contributed by atoms with Crippen molar-refractivity contribution in [2.45, 2.75) is 213 Å². The molecule has 39 heavy (non-hydrogen) atoms. The maximum Gasteiger partial charge on any atom is 0.313 e. The van der Waals surface area contributed by atoms with E-state index in [1.807, 2.05) is 0 Å². The fourth-order valence-corrected chi connectivity index (χ4v) is 5.46. The van der Waals surface area contributed by atoms with Crippen LogP contribution in [0.3, 0.4) is 0 Å². The molecule has 0 heterocycles. The highest BCUT2D eigenvalue weighted by atomic mass is 16.6. The molecule has 0 aromatic carbocycles. The van der Waals surface area contributed by atoms with Gasteiger partial charge in [-0.2, -0.15) is 0 Å². The fraction of sp³-hybridized carbons (Fsp3) is 0.944. The van der Waals surface area contributed by atoms with Crippen molar-refractivity contribution >= 4 is 11.9 Å². The Kier molecular flexibility index (Phi) is 31.0. The molecule has 0 saturated carbocycles. The first kappa shape index (κ1) is 38.1. The molecule has 3 nitrogen and oxygen atoms in total. The molecule has 3 heteroatoms. The maximum absolute atomic E-state index is 11.9. The van der Waals surface area contributed by atoms with Gasteiger partial charge in [0.1, 0.15) is 0 Å². The normalized spacial score (nSPS) is 11.4. The molecule has 0 radical (unpaired) electrons. The highest BCUT2D eigenvalue weighted by Gasteiger charge is 2.10. The van der Waals surface area contributed by atoms with Gasteiger partial charge in [-0.05, 0) is 18.8 Å². The zero-order chi connectivity index (χ0) is 28.7. The van der Waals surface area contributed by atoms with Gasteiger partial charge < -0.3 is 4.74 Å². The summed E-state index contributed by atoms with van der Waals surface area (Å²) in [7, 11) is 0. The van der Waals surface area contributed by atoms with Gasteiger partial charge in [-0.15, -0.1) is 0 Å². The van der Waals surface area contributed by atoms with E-state index < -0.39 is 0 Å². The van der Waals surface area contributed by atoms with E-state index in [2.05, 4.69) is 20.8 Å². The monoisotopic (exact) mass is 551 g/mol. The van der Waals surface area contributed by atoms with Crippen LogP contribution >= 0.6 is 0 Å². The third kappa shape index (κ3) is 33.2. The number of unbranched alkanes of at least 4 members (excludes halogenated alkanes) is 25. The summed E-state index contributed by atoms with van der Waals surface area (Å²) in [4.78, 5) is 23.8. The Labute approximate surface area is 245 Å². The maximum atomic E-state index is 11.9. The standard InChI is InChI=1S/C36H70O3/c1-4-5-6-7-8-9-10-11-12-13-14-15-16-20-23-26-29-32-35(37)39-36(38)33-30-27-24-21-18-17-19-22-25-28-31-34(2)3/h34H,4-33H2,1-3H3. The minimum atomic E-state index is -0.326. The van der Waals surface area contributed by atoms with E-state index in [4.69, 9.17) is 4.74 Å². The summed E-state index contributed by atoms with van der Waals surface area (Å²) >= 11 is 0. The van der Waals surface area contributed by atoms with E-state index in [1.54, 1.807) is 0 Å². The van der Waals surface area contributed by atoms with Crippen LogP contribution in [0.5, 0.6) is 0 Å². The number of rotatable bonds is 31. The number of carbonyl (C=O) groups is 2. The van der Waals surface area contributed by atoms with E-state index in [-0.39, 0.29) is 11.9 Å². The second-order valence-electron chi connectivity index (χ2n) is 12.7. The van der Waals surface area contributed by atoms with E-state index in [1.165, 1.54) is 154 Å². The lowest BCUT2D eigenvalue weighted by molar-refractivity contribution is -0.159. The summed E-state index contributed by atoms with van der Waals surface area (Å²) in [5.74, 6) is 0.191. The second kappa shape index (κ2) is 31.7. The number of carbonyl (C=O) groups excluding carboxylic acids is 2. The van der Waals surface area contributed by atoms with Crippen LogP contribution in [0.1, 0.15) is 213 Å². The summed E-state index contributed by atoms with van der Waals surface area (Å²) in [6.07, 6.45) is 37.3. The predicted octanol–water partition coefficient (Wildman–Crippen LogP) is 12.4. The van der Waals surface area contributed by atoms with Gasteiger partial charge in [0.25, 0.3) is 0 Å². The molecule has 0 aromatic heterocycles. The van der Waals surface area contributed by atoms with Crippen molar-refractivity contribution in [3.05, 3.63) is 0 Å². The highest BCUT2D eigenvalue weighted by molar-refractivity contribution is 5.85. The Balaban J connectivity index is 3.28. The number of hydrogen-bond acceptors (Lipinski definition) is 3. The van der Waals surface area contributed by atoms with Crippen LogP contribution in [-0.2, 0) is 14.3 Å². The topological polar surface area (TPSA) is 43.4 Å². The molecule has 0 spiro atoms. The first-order valence-corrected chi connectivity index (χ1v) is 17.8. The second-order valence-corrected chi connectivity index (χ2v) is 12.7. The van der Waals surface area contributed by atoms with Gasteiger partial charge in [-0.3, -0.25) is 9.59 Å². The van der Waals surface area contributed by atoms with Crippen LogP contribution < -0.4 is 0 Å². The molecule has 0 aliphatic heterocycles. The SMILES string of the molecule is CCCCCCCCCCCCCCCCCCCC(=O)OC(=O)CCCCCCCCCCCCC(C)C. The molecule has 0 N–H and O–H groups in total. The largest absolute Gasteiger partial charge is 0.393 e. The van der Waals surface area contributed by atoms with Crippen molar-refractivity contribution in [3.8, 4) is 0 Å². The van der Waals surface area contributed by atoms with Gasteiger partial charge in [0.2, 0.25) is 0 Å². The van der Waals surface area contributed by atoms with Crippen molar-refractivity contribution in [2.24, 2.45) is 5.92 Å². The quantitative estimate of drug-likeness (QED) is 0.0489. The summed E-state index contributed by atoms with van der Waals surface area (Å²) in [6, 6.07) is 0. The van der Waals surface area contributed by atoms with Crippen LogP contribution in [0, 0.1) is 5.92 Å². The zero-order valence-corrected chi connectivity index (χ0v) is 27.0. The minimum Gasteiger partial charge on any atom is -0.393 e. The minimum absolute atomic E-state index is 0.325. The summed E-state index contributed by atoms with van der Waals surface area (Å²) < 4.78 is 5.01. The van der Waals surface area contributed by atoms with Gasteiger partial charge in [-0.1, -0.05) is 188 Å². The lowest BCUT2D eigenvalue weighted by Crippen LogP contribution is -2.11. The van der Waals surface area contributed by atoms with Crippen molar-refractivity contribution in [1.82, 2.24) is 0 Å². The molecule has 0 aliphatic rings. The van der Waals surface area contributed by atoms with E-state index in [9.17, 15) is 9.59 Å². The third-order valence-corrected chi connectivity index (χ3v) is 8.12. The smallest absolute Gasteiger partial charge is 0.313 e. The van der Waals surface area contributed by atoms with Crippen LogP contribution in [0.4, 0.5) is 0 Å². The van der Waals surface area contributed by atoms with Crippen molar-refractivity contribution in [1.29, 1.82) is 0 Å². The molecule has 0 aliphatic carbocycles. The number of ether oxygens (including phenoxy) is 1. The summed E-state index contributed by atoms with van der Waals surface area (Å²) in [6.45, 7) is 6.89. The molecular formula is C36H70O3.